The van der Waals surface area contributed by atoms with Gasteiger partial charge in [0, 0.05) is 20.5 Å². The molecule has 1 aromatic rings. The number of hydrogen-bond acceptors (Lipinski definition) is 3. The first-order valence-electron chi connectivity index (χ1n) is 5.90. The van der Waals surface area contributed by atoms with E-state index in [1.807, 2.05) is 0 Å². The van der Waals surface area contributed by atoms with Gasteiger partial charge in [-0.05, 0) is 12.1 Å². The lowest BCUT2D eigenvalue weighted by atomic mass is 10.2. The molecule has 4 nitrogen and oxygen atoms in total. The third-order valence-corrected chi connectivity index (χ3v) is 2.65. The normalized spacial score (nSPS) is 12.9. The highest BCUT2D eigenvalue weighted by Crippen LogP contribution is 2.35. The molecule has 1 rings (SSSR count). The number of aliphatic hydroxyl groups excluding tert-OH is 1. The Morgan fingerprint density at radius 1 is 1.40 bits per heavy atom. The van der Waals surface area contributed by atoms with Crippen LogP contribution in [0.1, 0.15) is 12.5 Å². The number of nitrogens with zero attached hydrogens (tertiary/aromatic N) is 1. The Bertz CT molecular complexity index is 462. The third kappa shape index (κ3) is 4.73. The smallest absolute Gasteiger partial charge is 0.419 e. The molecule has 0 aliphatic rings. The van der Waals surface area contributed by atoms with Crippen molar-refractivity contribution in [2.24, 2.45) is 0 Å². The Hall–Kier alpha value is -1.76. The molecule has 0 radical (unpaired) electrons. The number of aliphatic hydroxyl groups is 1. The predicted molar refractivity (Wildman–Crippen MR) is 66.3 cm³/mol. The summed E-state index contributed by atoms with van der Waals surface area (Å²) in [6.07, 6.45) is -5.58. The van der Waals surface area contributed by atoms with E-state index in [1.54, 1.807) is 0 Å². The molecule has 0 spiro atoms. The molecule has 0 saturated heterocycles. The average molecular weight is 291 g/mol. The van der Waals surface area contributed by atoms with E-state index in [0.717, 1.165) is 6.07 Å². The molecule has 0 fully saturated rings. The molecule has 7 heteroatoms. The van der Waals surface area contributed by atoms with Crippen LogP contribution in [-0.4, -0.2) is 42.2 Å². The van der Waals surface area contributed by atoms with Gasteiger partial charge in [0.1, 0.15) is 18.5 Å². The molecule has 0 aliphatic heterocycles. The maximum Gasteiger partial charge on any atom is 0.419 e. The van der Waals surface area contributed by atoms with Gasteiger partial charge in [0.15, 0.2) is 0 Å². The molecular formula is C13H16F3NO3. The zero-order valence-electron chi connectivity index (χ0n) is 11.1. The van der Waals surface area contributed by atoms with Crippen molar-refractivity contribution in [2.45, 2.75) is 19.2 Å². The highest BCUT2D eigenvalue weighted by molar-refractivity contribution is 5.72. The van der Waals surface area contributed by atoms with Crippen molar-refractivity contribution in [2.75, 3.05) is 20.2 Å². The molecule has 1 amide bonds. The first-order valence-corrected chi connectivity index (χ1v) is 5.90. The van der Waals surface area contributed by atoms with Crippen LogP contribution in [0.25, 0.3) is 0 Å². The third-order valence-electron chi connectivity index (χ3n) is 2.65. The average Bonchev–Trinajstić information content (AvgIpc) is 2.35. The Morgan fingerprint density at radius 3 is 2.55 bits per heavy atom. The lowest BCUT2D eigenvalue weighted by Gasteiger charge is -2.20. The van der Waals surface area contributed by atoms with Crippen molar-refractivity contribution < 1.29 is 27.8 Å². The van der Waals surface area contributed by atoms with Crippen LogP contribution in [0.2, 0.25) is 0 Å². The number of ether oxygens (including phenoxy) is 1. The fourth-order valence-corrected chi connectivity index (χ4v) is 1.51. The highest BCUT2D eigenvalue weighted by Gasteiger charge is 2.34. The summed E-state index contributed by atoms with van der Waals surface area (Å²) in [5, 5.41) is 9.62. The van der Waals surface area contributed by atoms with Crippen molar-refractivity contribution in [1.82, 2.24) is 4.90 Å². The Balaban J connectivity index is 2.64. The van der Waals surface area contributed by atoms with Crippen molar-refractivity contribution in [3.8, 4) is 5.75 Å². The minimum atomic E-state index is -4.52. The zero-order valence-corrected chi connectivity index (χ0v) is 11.1. The quantitative estimate of drug-likeness (QED) is 0.901. The van der Waals surface area contributed by atoms with E-state index in [2.05, 4.69) is 0 Å². The number of carbonyl (C=O) groups excluding carboxylic acids is 1. The first kappa shape index (κ1) is 16.3. The summed E-state index contributed by atoms with van der Waals surface area (Å²) in [7, 11) is 1.48. The molecule has 1 atom stereocenters. The molecule has 0 aromatic heterocycles. The van der Waals surface area contributed by atoms with Crippen molar-refractivity contribution in [1.29, 1.82) is 0 Å². The van der Waals surface area contributed by atoms with Crippen LogP contribution in [0.15, 0.2) is 24.3 Å². The van der Waals surface area contributed by atoms with E-state index in [1.165, 1.54) is 37.1 Å². The molecular weight excluding hydrogens is 275 g/mol. The number of carbonyl (C=O) groups is 1. The number of alkyl halides is 3. The standard InChI is InChI=1S/C13H16F3NO3/c1-9(18)17(2)7-10(19)8-20-12-6-4-3-5-11(12)13(14,15)16/h3-6,10,19H,7-8H2,1-2H3. The van der Waals surface area contributed by atoms with Crippen molar-refractivity contribution in [3.63, 3.8) is 0 Å². The number of hydrogen-bond donors (Lipinski definition) is 1. The zero-order chi connectivity index (χ0) is 15.3. The van der Waals surface area contributed by atoms with E-state index in [4.69, 9.17) is 4.74 Å². The van der Waals surface area contributed by atoms with Crippen LogP contribution < -0.4 is 4.74 Å². The van der Waals surface area contributed by atoms with Gasteiger partial charge in [-0.3, -0.25) is 4.79 Å². The van der Waals surface area contributed by atoms with Crippen LogP contribution in [0.3, 0.4) is 0 Å². The van der Waals surface area contributed by atoms with Gasteiger partial charge in [-0.1, -0.05) is 12.1 Å². The van der Waals surface area contributed by atoms with E-state index in [-0.39, 0.29) is 24.8 Å². The Kier molecular flexibility index (Phi) is 5.38. The number of para-hydroxylation sites is 1. The van der Waals surface area contributed by atoms with Gasteiger partial charge < -0.3 is 14.7 Å². The van der Waals surface area contributed by atoms with Crippen molar-refractivity contribution in [3.05, 3.63) is 29.8 Å². The van der Waals surface area contributed by atoms with Crippen LogP contribution in [-0.2, 0) is 11.0 Å². The number of halogens is 3. The number of rotatable bonds is 5. The van der Waals surface area contributed by atoms with Gasteiger partial charge in [0.2, 0.25) is 5.91 Å². The van der Waals surface area contributed by atoms with E-state index in [0.29, 0.717) is 0 Å². The molecule has 0 bridgehead atoms. The van der Waals surface area contributed by atoms with Gasteiger partial charge in [-0.2, -0.15) is 13.2 Å². The second-order valence-corrected chi connectivity index (χ2v) is 4.36. The van der Waals surface area contributed by atoms with Crippen LogP contribution in [0, 0.1) is 0 Å². The van der Waals surface area contributed by atoms with E-state index < -0.39 is 17.8 Å². The lowest BCUT2D eigenvalue weighted by molar-refractivity contribution is -0.139. The largest absolute Gasteiger partial charge is 0.490 e. The number of likely N-dealkylation sites (N-methyl/N-ethyl adjacent to an activating group) is 1. The summed E-state index contributed by atoms with van der Waals surface area (Å²) in [5.41, 5.74) is -0.896. The fourth-order valence-electron chi connectivity index (χ4n) is 1.51. The molecule has 1 N–H and O–H groups in total. The van der Waals surface area contributed by atoms with E-state index >= 15 is 0 Å². The Morgan fingerprint density at radius 2 is 2.00 bits per heavy atom. The van der Waals surface area contributed by atoms with Gasteiger partial charge in [0.05, 0.1) is 5.56 Å². The minimum Gasteiger partial charge on any atom is -0.490 e. The summed E-state index contributed by atoms with van der Waals surface area (Å²) in [5.74, 6) is -0.593. The molecule has 112 valence electrons. The molecule has 0 heterocycles. The fraction of sp³-hybridized carbons (Fsp3) is 0.462. The number of amides is 1. The first-order chi connectivity index (χ1) is 9.21. The summed E-state index contributed by atoms with van der Waals surface area (Å²) in [4.78, 5) is 12.2. The SMILES string of the molecule is CC(=O)N(C)CC(O)COc1ccccc1C(F)(F)F. The summed E-state index contributed by atoms with van der Waals surface area (Å²) in [6, 6.07) is 4.77. The van der Waals surface area contributed by atoms with Gasteiger partial charge in [0.25, 0.3) is 0 Å². The maximum atomic E-state index is 12.7. The molecule has 20 heavy (non-hydrogen) atoms. The Labute approximate surface area is 114 Å². The van der Waals surface area contributed by atoms with Crippen LogP contribution in [0.5, 0.6) is 5.75 Å². The molecule has 0 aliphatic carbocycles. The summed E-state index contributed by atoms with van der Waals surface area (Å²) < 4.78 is 43.1. The lowest BCUT2D eigenvalue weighted by Crippen LogP contribution is -2.35. The topological polar surface area (TPSA) is 49.8 Å². The van der Waals surface area contributed by atoms with Gasteiger partial charge in [-0.25, -0.2) is 0 Å². The van der Waals surface area contributed by atoms with Gasteiger partial charge >= 0.3 is 6.18 Å². The van der Waals surface area contributed by atoms with Crippen molar-refractivity contribution >= 4 is 5.91 Å². The number of benzene rings is 1. The van der Waals surface area contributed by atoms with Gasteiger partial charge in [-0.15, -0.1) is 0 Å². The second-order valence-electron chi connectivity index (χ2n) is 4.36. The van der Waals surface area contributed by atoms with Crippen LogP contribution >= 0.6 is 0 Å². The summed E-state index contributed by atoms with van der Waals surface area (Å²) >= 11 is 0. The monoisotopic (exact) mass is 291 g/mol. The minimum absolute atomic E-state index is 0.0104. The molecule has 0 saturated carbocycles. The summed E-state index contributed by atoms with van der Waals surface area (Å²) in [6.45, 7) is 0.987. The molecule has 1 unspecified atom stereocenters. The predicted octanol–water partition coefficient (Wildman–Crippen LogP) is 1.92. The second kappa shape index (κ2) is 6.60. The maximum absolute atomic E-state index is 12.7. The van der Waals surface area contributed by atoms with Crippen LogP contribution in [0.4, 0.5) is 13.2 Å². The van der Waals surface area contributed by atoms with E-state index in [9.17, 15) is 23.1 Å². The molecule has 1 aromatic carbocycles. The highest BCUT2D eigenvalue weighted by atomic mass is 19.4.